The van der Waals surface area contributed by atoms with Crippen LogP contribution in [0.15, 0.2) is 54.6 Å². The number of ether oxygens (including phenoxy) is 1. The molecule has 1 amide bonds. The van der Waals surface area contributed by atoms with E-state index in [1.165, 1.54) is 13.2 Å². The van der Waals surface area contributed by atoms with E-state index < -0.39 is 5.97 Å². The summed E-state index contributed by atoms with van der Waals surface area (Å²) in [7, 11) is 1.29. The summed E-state index contributed by atoms with van der Waals surface area (Å²) in [5, 5.41) is 4.84. The van der Waals surface area contributed by atoms with Gasteiger partial charge in [-0.15, -0.1) is 0 Å². The van der Waals surface area contributed by atoms with Crippen molar-refractivity contribution in [3.63, 3.8) is 0 Å². The normalized spacial score (nSPS) is 10.5. The lowest BCUT2D eigenvalue weighted by atomic mass is 10.0. The average Bonchev–Trinajstić information content (AvgIpc) is 2.60. The maximum atomic E-state index is 12.5. The van der Waals surface area contributed by atoms with Crippen molar-refractivity contribution in [2.75, 3.05) is 12.4 Å². The summed E-state index contributed by atoms with van der Waals surface area (Å²) in [4.78, 5) is 24.4. The van der Waals surface area contributed by atoms with Gasteiger partial charge in [-0.1, -0.05) is 41.4 Å². The molecule has 0 atom stereocenters. The first-order chi connectivity index (χ1) is 12.0. The number of benzene rings is 3. The lowest BCUT2D eigenvalue weighted by molar-refractivity contribution is 0.0600. The summed E-state index contributed by atoms with van der Waals surface area (Å²) in [6.07, 6.45) is 0. The smallest absolute Gasteiger partial charge is 0.337 e. The van der Waals surface area contributed by atoms with Gasteiger partial charge in [0.15, 0.2) is 0 Å². The van der Waals surface area contributed by atoms with Crippen LogP contribution in [-0.2, 0) is 4.74 Å². The third kappa shape index (κ3) is 3.60. The van der Waals surface area contributed by atoms with E-state index in [-0.39, 0.29) is 11.5 Å². The number of halogens is 2. The molecule has 25 heavy (non-hydrogen) atoms. The fourth-order valence-electron chi connectivity index (χ4n) is 2.55. The molecule has 0 aliphatic heterocycles. The zero-order valence-electron chi connectivity index (χ0n) is 13.2. The number of anilines is 1. The lowest BCUT2D eigenvalue weighted by Gasteiger charge is -2.13. The van der Waals surface area contributed by atoms with E-state index in [0.717, 1.165) is 0 Å². The van der Waals surface area contributed by atoms with Gasteiger partial charge >= 0.3 is 5.97 Å². The van der Waals surface area contributed by atoms with Gasteiger partial charge in [0.2, 0.25) is 0 Å². The van der Waals surface area contributed by atoms with E-state index in [1.54, 1.807) is 42.5 Å². The van der Waals surface area contributed by atoms with Crippen LogP contribution in [0.25, 0.3) is 10.8 Å². The van der Waals surface area contributed by atoms with Gasteiger partial charge in [0, 0.05) is 16.0 Å². The summed E-state index contributed by atoms with van der Waals surface area (Å²) >= 11 is 12.4. The number of rotatable bonds is 3. The van der Waals surface area contributed by atoms with Crippen molar-refractivity contribution in [2.24, 2.45) is 0 Å². The zero-order chi connectivity index (χ0) is 18.0. The first-order valence-corrected chi connectivity index (χ1v) is 8.12. The molecule has 0 saturated heterocycles. The van der Waals surface area contributed by atoms with E-state index in [4.69, 9.17) is 27.9 Å². The molecule has 6 heteroatoms. The summed E-state index contributed by atoms with van der Waals surface area (Å²) in [5.74, 6) is -0.830. The standard InChI is InChI=1S/C19H13Cl2NO3/c1-25-19(24)13-7-12-8-14(20)10-15(21)17(12)16(9-13)22-18(23)11-5-3-2-4-6-11/h2-10H,1H3,(H,22,23). The number of hydrogen-bond acceptors (Lipinski definition) is 3. The Morgan fingerprint density at radius 1 is 0.960 bits per heavy atom. The van der Waals surface area contributed by atoms with Crippen molar-refractivity contribution < 1.29 is 14.3 Å². The molecule has 3 aromatic rings. The van der Waals surface area contributed by atoms with Crippen LogP contribution in [0.4, 0.5) is 5.69 Å². The van der Waals surface area contributed by atoms with Gasteiger partial charge in [0.25, 0.3) is 5.91 Å². The lowest BCUT2D eigenvalue weighted by Crippen LogP contribution is -2.13. The predicted octanol–water partition coefficient (Wildman–Crippen LogP) is 5.19. The number of methoxy groups -OCH3 is 1. The number of carbonyl (C=O) groups is 2. The van der Waals surface area contributed by atoms with Gasteiger partial charge in [0.1, 0.15) is 0 Å². The molecule has 4 nitrogen and oxygen atoms in total. The zero-order valence-corrected chi connectivity index (χ0v) is 14.7. The second-order valence-corrected chi connectivity index (χ2v) is 6.16. The first kappa shape index (κ1) is 17.3. The van der Waals surface area contributed by atoms with Crippen molar-refractivity contribution in [1.29, 1.82) is 0 Å². The maximum Gasteiger partial charge on any atom is 0.337 e. The molecule has 0 unspecified atom stereocenters. The molecule has 0 fully saturated rings. The second-order valence-electron chi connectivity index (χ2n) is 5.32. The van der Waals surface area contributed by atoms with E-state index in [9.17, 15) is 9.59 Å². The monoisotopic (exact) mass is 373 g/mol. The minimum Gasteiger partial charge on any atom is -0.465 e. The van der Waals surface area contributed by atoms with Gasteiger partial charge in [-0.3, -0.25) is 4.79 Å². The molecule has 0 spiro atoms. The van der Waals surface area contributed by atoms with Gasteiger partial charge in [0.05, 0.1) is 23.4 Å². The minimum absolute atomic E-state index is 0.289. The Labute approximate surface area is 154 Å². The van der Waals surface area contributed by atoms with Gasteiger partial charge in [-0.25, -0.2) is 4.79 Å². The third-order valence-corrected chi connectivity index (χ3v) is 4.19. The van der Waals surface area contributed by atoms with Gasteiger partial charge in [-0.2, -0.15) is 0 Å². The van der Waals surface area contributed by atoms with Crippen LogP contribution >= 0.6 is 23.2 Å². The van der Waals surface area contributed by atoms with Crippen LogP contribution in [0.2, 0.25) is 10.0 Å². The van der Waals surface area contributed by atoms with Gasteiger partial charge in [-0.05, 0) is 41.8 Å². The molecule has 0 saturated carbocycles. The molecule has 0 bridgehead atoms. The van der Waals surface area contributed by atoms with Crippen LogP contribution in [0, 0.1) is 0 Å². The highest BCUT2D eigenvalue weighted by molar-refractivity contribution is 6.40. The quantitative estimate of drug-likeness (QED) is 0.643. The number of carbonyl (C=O) groups excluding carboxylic acids is 2. The summed E-state index contributed by atoms with van der Waals surface area (Å²) < 4.78 is 4.77. The van der Waals surface area contributed by atoms with Crippen molar-refractivity contribution in [2.45, 2.75) is 0 Å². The highest BCUT2D eigenvalue weighted by atomic mass is 35.5. The van der Waals surface area contributed by atoms with Gasteiger partial charge < -0.3 is 10.1 Å². The number of hydrogen-bond donors (Lipinski definition) is 1. The molecule has 126 valence electrons. The second kappa shape index (κ2) is 7.13. The van der Waals surface area contributed by atoms with Crippen LogP contribution in [0.1, 0.15) is 20.7 Å². The Morgan fingerprint density at radius 3 is 2.36 bits per heavy atom. The highest BCUT2D eigenvalue weighted by Gasteiger charge is 2.16. The molecule has 1 N–H and O–H groups in total. The number of amides is 1. The molecule has 3 rings (SSSR count). The van der Waals surface area contributed by atoms with Crippen LogP contribution in [-0.4, -0.2) is 19.0 Å². The Kier molecular flexibility index (Phi) is 4.93. The molecule has 3 aromatic carbocycles. The third-order valence-electron chi connectivity index (χ3n) is 3.67. The SMILES string of the molecule is COC(=O)c1cc(NC(=O)c2ccccc2)c2c(Cl)cc(Cl)cc2c1. The van der Waals surface area contributed by atoms with E-state index in [2.05, 4.69) is 5.32 Å². The Morgan fingerprint density at radius 2 is 1.68 bits per heavy atom. The molecule has 0 radical (unpaired) electrons. The predicted molar refractivity (Wildman–Crippen MR) is 99.7 cm³/mol. The molecule has 0 heterocycles. The number of nitrogens with one attached hydrogen (secondary N) is 1. The summed E-state index contributed by atoms with van der Waals surface area (Å²) in [6.45, 7) is 0. The maximum absolute atomic E-state index is 12.5. The van der Waals surface area contributed by atoms with Crippen LogP contribution in [0.5, 0.6) is 0 Å². The van der Waals surface area contributed by atoms with E-state index in [1.807, 2.05) is 6.07 Å². The molecule has 0 aliphatic carbocycles. The number of esters is 1. The van der Waals surface area contributed by atoms with Crippen molar-refractivity contribution >= 4 is 51.5 Å². The minimum atomic E-state index is -0.520. The molecular formula is C19H13Cl2NO3. The Hall–Kier alpha value is -2.56. The molecular weight excluding hydrogens is 361 g/mol. The van der Waals surface area contributed by atoms with Crippen LogP contribution in [0.3, 0.4) is 0 Å². The van der Waals surface area contributed by atoms with Crippen LogP contribution < -0.4 is 5.32 Å². The molecule has 0 aromatic heterocycles. The number of fused-ring (bicyclic) bond motifs is 1. The topological polar surface area (TPSA) is 55.4 Å². The first-order valence-electron chi connectivity index (χ1n) is 7.37. The van der Waals surface area contributed by atoms with E-state index >= 15 is 0 Å². The summed E-state index contributed by atoms with van der Waals surface area (Å²) in [6, 6.07) is 15.2. The van der Waals surface area contributed by atoms with Crippen molar-refractivity contribution in [1.82, 2.24) is 0 Å². The van der Waals surface area contributed by atoms with E-state index in [0.29, 0.717) is 32.1 Å². The fraction of sp³-hybridized carbons (Fsp3) is 0.0526. The summed E-state index contributed by atoms with van der Waals surface area (Å²) in [5.41, 5.74) is 1.19. The highest BCUT2D eigenvalue weighted by Crippen LogP contribution is 2.35. The fourth-order valence-corrected chi connectivity index (χ4v) is 3.16. The van der Waals surface area contributed by atoms with Crippen molar-refractivity contribution in [3.05, 3.63) is 75.8 Å². The average molecular weight is 374 g/mol. The molecule has 0 aliphatic rings. The van der Waals surface area contributed by atoms with Crippen molar-refractivity contribution in [3.8, 4) is 0 Å². The Bertz CT molecular complexity index is 971. The largest absolute Gasteiger partial charge is 0.465 e. The Balaban J connectivity index is 2.14.